The molecule has 0 aliphatic carbocycles. The van der Waals surface area contributed by atoms with Gasteiger partial charge in [-0.05, 0) is 12.1 Å². The third-order valence-corrected chi connectivity index (χ3v) is 2.30. The molecule has 1 aliphatic rings. The van der Waals surface area contributed by atoms with Crippen LogP contribution in [-0.2, 0) is 0 Å². The van der Waals surface area contributed by atoms with Crippen LogP contribution in [0.15, 0.2) is 16.6 Å². The first-order valence-electron chi connectivity index (χ1n) is 3.56. The van der Waals surface area contributed by atoms with Gasteiger partial charge in [-0.15, -0.1) is 0 Å². The fraction of sp³-hybridized carbons (Fsp3) is 0.250. The van der Waals surface area contributed by atoms with Crippen LogP contribution in [0.4, 0.5) is 4.39 Å². The maximum Gasteiger partial charge on any atom is 0.166 e. The van der Waals surface area contributed by atoms with Gasteiger partial charge in [0.05, 0.1) is 6.04 Å². The quantitative estimate of drug-likeness (QED) is 0.742. The lowest BCUT2D eigenvalue weighted by atomic mass is 10.1. The van der Waals surface area contributed by atoms with E-state index in [1.807, 2.05) is 0 Å². The van der Waals surface area contributed by atoms with E-state index in [1.165, 1.54) is 6.07 Å². The molecule has 1 atom stereocenters. The Hall–Kier alpha value is -0.610. The molecule has 0 unspecified atom stereocenters. The molecule has 0 spiro atoms. The van der Waals surface area contributed by atoms with Crippen LogP contribution in [0.3, 0.4) is 0 Å². The molecule has 2 nitrogen and oxygen atoms in total. The molecule has 1 aromatic carbocycles. The Balaban J connectivity index is 2.60. The van der Waals surface area contributed by atoms with E-state index in [2.05, 4.69) is 15.9 Å². The minimum atomic E-state index is -0.354. The number of hydrogen-bond acceptors (Lipinski definition) is 2. The predicted octanol–water partition coefficient (Wildman–Crippen LogP) is 1.98. The maximum atomic E-state index is 13.1. The van der Waals surface area contributed by atoms with Gasteiger partial charge in [0.2, 0.25) is 0 Å². The van der Waals surface area contributed by atoms with Crippen LogP contribution >= 0.6 is 15.9 Å². The molecule has 1 heterocycles. The van der Waals surface area contributed by atoms with Gasteiger partial charge in [-0.2, -0.15) is 0 Å². The SMILES string of the molecule is N[C@H]1COc2c(F)cc(Br)cc21. The Labute approximate surface area is 77.6 Å². The summed E-state index contributed by atoms with van der Waals surface area (Å²) in [4.78, 5) is 0. The average Bonchev–Trinajstić information content (AvgIpc) is 2.33. The van der Waals surface area contributed by atoms with E-state index in [9.17, 15) is 4.39 Å². The van der Waals surface area contributed by atoms with Crippen molar-refractivity contribution in [3.05, 3.63) is 28.0 Å². The van der Waals surface area contributed by atoms with E-state index >= 15 is 0 Å². The predicted molar refractivity (Wildman–Crippen MR) is 46.5 cm³/mol. The Morgan fingerprint density at radius 3 is 3.08 bits per heavy atom. The number of halogens is 2. The largest absolute Gasteiger partial charge is 0.488 e. The van der Waals surface area contributed by atoms with Crippen molar-refractivity contribution in [2.24, 2.45) is 5.73 Å². The first-order valence-corrected chi connectivity index (χ1v) is 4.35. The fourth-order valence-electron chi connectivity index (χ4n) is 1.27. The summed E-state index contributed by atoms with van der Waals surface area (Å²) in [6, 6.07) is 2.96. The minimum Gasteiger partial charge on any atom is -0.488 e. The molecule has 64 valence electrons. The van der Waals surface area contributed by atoms with Crippen molar-refractivity contribution in [1.29, 1.82) is 0 Å². The normalized spacial score (nSPS) is 20.4. The molecule has 0 aromatic heterocycles. The highest BCUT2D eigenvalue weighted by atomic mass is 79.9. The topological polar surface area (TPSA) is 35.2 Å². The van der Waals surface area contributed by atoms with Gasteiger partial charge >= 0.3 is 0 Å². The summed E-state index contributed by atoms with van der Waals surface area (Å²) in [6.07, 6.45) is 0. The van der Waals surface area contributed by atoms with Gasteiger partial charge in [0.25, 0.3) is 0 Å². The van der Waals surface area contributed by atoms with Crippen LogP contribution in [0.1, 0.15) is 11.6 Å². The Kier molecular flexibility index (Phi) is 1.81. The molecular weight excluding hydrogens is 225 g/mol. The van der Waals surface area contributed by atoms with E-state index < -0.39 is 0 Å². The number of ether oxygens (including phenoxy) is 1. The second-order valence-electron chi connectivity index (χ2n) is 2.72. The lowest BCUT2D eigenvalue weighted by Crippen LogP contribution is -2.10. The third-order valence-electron chi connectivity index (χ3n) is 1.84. The molecule has 0 saturated carbocycles. The van der Waals surface area contributed by atoms with Crippen molar-refractivity contribution >= 4 is 15.9 Å². The number of benzene rings is 1. The molecule has 1 aliphatic heterocycles. The van der Waals surface area contributed by atoms with E-state index in [1.54, 1.807) is 6.07 Å². The number of rotatable bonds is 0. The molecule has 0 bridgehead atoms. The minimum absolute atomic E-state index is 0.202. The van der Waals surface area contributed by atoms with Crippen LogP contribution in [0, 0.1) is 5.82 Å². The van der Waals surface area contributed by atoms with Crippen LogP contribution in [-0.4, -0.2) is 6.61 Å². The third kappa shape index (κ3) is 1.11. The molecule has 0 amide bonds. The van der Waals surface area contributed by atoms with Crippen LogP contribution in [0.25, 0.3) is 0 Å². The average molecular weight is 232 g/mol. The van der Waals surface area contributed by atoms with Crippen molar-refractivity contribution in [2.75, 3.05) is 6.61 Å². The number of nitrogens with two attached hydrogens (primary N) is 1. The summed E-state index contributed by atoms with van der Waals surface area (Å²) in [5.41, 5.74) is 6.41. The molecule has 0 fully saturated rings. The van der Waals surface area contributed by atoms with Gasteiger partial charge in [0.1, 0.15) is 6.61 Å². The highest BCUT2D eigenvalue weighted by Crippen LogP contribution is 2.35. The van der Waals surface area contributed by atoms with E-state index in [0.29, 0.717) is 16.8 Å². The van der Waals surface area contributed by atoms with Crippen LogP contribution < -0.4 is 10.5 Å². The zero-order valence-corrected chi connectivity index (χ0v) is 7.77. The first-order chi connectivity index (χ1) is 5.68. The van der Waals surface area contributed by atoms with Crippen LogP contribution in [0.5, 0.6) is 5.75 Å². The Morgan fingerprint density at radius 1 is 1.58 bits per heavy atom. The first kappa shape index (κ1) is 8.01. The monoisotopic (exact) mass is 231 g/mol. The summed E-state index contributed by atoms with van der Waals surface area (Å²) >= 11 is 3.19. The van der Waals surface area contributed by atoms with Gasteiger partial charge in [-0.1, -0.05) is 15.9 Å². The van der Waals surface area contributed by atoms with E-state index in [-0.39, 0.29) is 11.9 Å². The molecule has 4 heteroatoms. The van der Waals surface area contributed by atoms with Gasteiger partial charge in [-0.3, -0.25) is 0 Å². The summed E-state index contributed by atoms with van der Waals surface area (Å²) in [6.45, 7) is 0.364. The van der Waals surface area contributed by atoms with Gasteiger partial charge < -0.3 is 10.5 Å². The second kappa shape index (κ2) is 2.71. The smallest absolute Gasteiger partial charge is 0.166 e. The second-order valence-corrected chi connectivity index (χ2v) is 3.64. The highest BCUT2D eigenvalue weighted by Gasteiger charge is 2.24. The van der Waals surface area contributed by atoms with Crippen LogP contribution in [0.2, 0.25) is 0 Å². The molecular formula is C8H7BrFNO. The summed E-state index contributed by atoms with van der Waals surface area (Å²) in [5.74, 6) is -0.0574. The lowest BCUT2D eigenvalue weighted by Gasteiger charge is -2.01. The van der Waals surface area contributed by atoms with E-state index in [0.717, 1.165) is 5.56 Å². The molecule has 0 saturated heterocycles. The van der Waals surface area contributed by atoms with Crippen molar-refractivity contribution in [1.82, 2.24) is 0 Å². The highest BCUT2D eigenvalue weighted by molar-refractivity contribution is 9.10. The van der Waals surface area contributed by atoms with Crippen molar-refractivity contribution in [2.45, 2.75) is 6.04 Å². The number of hydrogen-bond donors (Lipinski definition) is 1. The maximum absolute atomic E-state index is 13.1. The summed E-state index contributed by atoms with van der Waals surface area (Å²) in [5, 5.41) is 0. The van der Waals surface area contributed by atoms with E-state index in [4.69, 9.17) is 10.5 Å². The molecule has 2 N–H and O–H groups in total. The standard InChI is InChI=1S/C8H7BrFNO/c9-4-1-5-7(11)3-12-8(5)6(10)2-4/h1-2,7H,3,11H2/t7-/m0/s1. The van der Waals surface area contributed by atoms with Crippen molar-refractivity contribution in [3.63, 3.8) is 0 Å². The van der Waals surface area contributed by atoms with Crippen molar-refractivity contribution < 1.29 is 9.13 Å². The molecule has 0 radical (unpaired) electrons. The van der Waals surface area contributed by atoms with Gasteiger partial charge in [0.15, 0.2) is 11.6 Å². The molecule has 2 rings (SSSR count). The molecule has 12 heavy (non-hydrogen) atoms. The molecule has 1 aromatic rings. The van der Waals surface area contributed by atoms with Gasteiger partial charge in [0, 0.05) is 10.0 Å². The zero-order valence-electron chi connectivity index (χ0n) is 6.18. The summed E-state index contributed by atoms with van der Waals surface area (Å²) < 4.78 is 18.9. The number of fused-ring (bicyclic) bond motifs is 1. The van der Waals surface area contributed by atoms with Gasteiger partial charge in [-0.25, -0.2) is 4.39 Å². The summed E-state index contributed by atoms with van der Waals surface area (Å²) in [7, 11) is 0. The Morgan fingerprint density at radius 2 is 2.33 bits per heavy atom. The zero-order chi connectivity index (χ0) is 8.72. The fourth-order valence-corrected chi connectivity index (χ4v) is 1.72. The van der Waals surface area contributed by atoms with Crippen molar-refractivity contribution in [3.8, 4) is 5.75 Å². The lowest BCUT2D eigenvalue weighted by molar-refractivity contribution is 0.319. The Bertz CT molecular complexity index is 329.